The van der Waals surface area contributed by atoms with Crippen molar-refractivity contribution in [2.45, 2.75) is 32.7 Å². The van der Waals surface area contributed by atoms with Crippen LogP contribution in [0.25, 0.3) is 27.6 Å². The Hall–Kier alpha value is -4.98. The smallest absolute Gasteiger partial charge is 0.324 e. The van der Waals surface area contributed by atoms with Gasteiger partial charge in [0.1, 0.15) is 5.82 Å². The molecule has 0 bridgehead atoms. The molecular weight excluding hydrogens is 488 g/mol. The highest BCUT2D eigenvalue weighted by molar-refractivity contribution is 6.02. The molecule has 8 nitrogen and oxygen atoms in total. The Morgan fingerprint density at radius 2 is 1.74 bits per heavy atom. The number of carbonyl (C=O) groups excluding carboxylic acids is 2. The topological polar surface area (TPSA) is 101 Å². The molecule has 2 aromatic heterocycles. The van der Waals surface area contributed by atoms with Gasteiger partial charge in [0.25, 0.3) is 5.91 Å². The van der Waals surface area contributed by atoms with E-state index >= 15 is 0 Å². The molecule has 8 heteroatoms. The fourth-order valence-electron chi connectivity index (χ4n) is 4.80. The Balaban J connectivity index is 1.28. The first-order chi connectivity index (χ1) is 18.8. The summed E-state index contributed by atoms with van der Waals surface area (Å²) < 4.78 is 1.76. The van der Waals surface area contributed by atoms with E-state index in [1.807, 2.05) is 79.0 Å². The van der Waals surface area contributed by atoms with Crippen LogP contribution in [0.5, 0.6) is 0 Å². The molecular formula is C31H28N6O2. The number of nitrogens with one attached hydrogen (secondary N) is 3. The lowest BCUT2D eigenvalue weighted by atomic mass is 9.92. The molecule has 0 spiro atoms. The second-order valence-electron chi connectivity index (χ2n) is 10.7. The van der Waals surface area contributed by atoms with Gasteiger partial charge >= 0.3 is 6.03 Å². The molecule has 0 saturated carbocycles. The van der Waals surface area contributed by atoms with Gasteiger partial charge in [-0.15, -0.1) is 0 Å². The predicted molar refractivity (Wildman–Crippen MR) is 153 cm³/mol. The summed E-state index contributed by atoms with van der Waals surface area (Å²) in [7, 11) is 0. The molecule has 3 N–H and O–H groups in total. The molecule has 5 aromatic rings. The molecule has 6 rings (SSSR count). The molecule has 0 unspecified atom stereocenters. The standard InChI is InChI=1S/C31H28N6O2/c1-31(2,3)27-16-28(37(36-27)23-11-10-21-17-32-13-12-19(21)15-23)35-30(39)34-22-7-4-6-20(14-22)24-8-5-9-25-26(24)18-33-29(25)38/h4-17H,18H2,1-3H3,(H,33,38)(H2,34,35,39). The van der Waals surface area contributed by atoms with Crippen LogP contribution in [0.2, 0.25) is 0 Å². The van der Waals surface area contributed by atoms with Crippen molar-refractivity contribution in [3.05, 3.63) is 102 Å². The number of fused-ring (bicyclic) bond motifs is 2. The number of aromatic nitrogens is 3. The predicted octanol–water partition coefficient (Wildman–Crippen LogP) is 6.27. The molecule has 0 radical (unpaired) electrons. The Morgan fingerprint density at radius 3 is 2.59 bits per heavy atom. The van der Waals surface area contributed by atoms with Gasteiger partial charge in [0.15, 0.2) is 0 Å². The van der Waals surface area contributed by atoms with E-state index in [2.05, 4.69) is 41.7 Å². The van der Waals surface area contributed by atoms with Gasteiger partial charge in [-0.2, -0.15) is 5.10 Å². The van der Waals surface area contributed by atoms with Gasteiger partial charge in [-0.3, -0.25) is 15.1 Å². The number of anilines is 2. The average molecular weight is 517 g/mol. The van der Waals surface area contributed by atoms with Crippen LogP contribution in [0.15, 0.2) is 85.2 Å². The minimum Gasteiger partial charge on any atom is -0.348 e. The monoisotopic (exact) mass is 516 g/mol. The molecule has 1 aliphatic rings. The van der Waals surface area contributed by atoms with Crippen LogP contribution < -0.4 is 16.0 Å². The molecule has 3 amide bonds. The van der Waals surface area contributed by atoms with Gasteiger partial charge in [0.05, 0.1) is 11.4 Å². The zero-order valence-electron chi connectivity index (χ0n) is 21.9. The zero-order valence-corrected chi connectivity index (χ0v) is 21.9. The summed E-state index contributed by atoms with van der Waals surface area (Å²) in [6.07, 6.45) is 3.58. The largest absolute Gasteiger partial charge is 0.348 e. The lowest BCUT2D eigenvalue weighted by molar-refractivity contribution is 0.0965. The van der Waals surface area contributed by atoms with Crippen LogP contribution in [0.1, 0.15) is 42.4 Å². The Labute approximate surface area is 226 Å². The van der Waals surface area contributed by atoms with Crippen LogP contribution in [0.3, 0.4) is 0 Å². The van der Waals surface area contributed by atoms with Gasteiger partial charge in [0.2, 0.25) is 0 Å². The summed E-state index contributed by atoms with van der Waals surface area (Å²) in [4.78, 5) is 29.5. The fourth-order valence-corrected chi connectivity index (χ4v) is 4.80. The highest BCUT2D eigenvalue weighted by atomic mass is 16.2. The van der Waals surface area contributed by atoms with E-state index < -0.39 is 0 Å². The molecule has 0 atom stereocenters. The van der Waals surface area contributed by atoms with Gasteiger partial charge in [-0.05, 0) is 58.5 Å². The van der Waals surface area contributed by atoms with E-state index in [4.69, 9.17) is 5.10 Å². The van der Waals surface area contributed by atoms with E-state index in [9.17, 15) is 9.59 Å². The van der Waals surface area contributed by atoms with E-state index in [0.717, 1.165) is 38.8 Å². The normalized spacial score (nSPS) is 12.7. The van der Waals surface area contributed by atoms with Gasteiger partial charge < -0.3 is 10.6 Å². The molecule has 1 aliphatic heterocycles. The molecule has 3 heterocycles. The fraction of sp³-hybridized carbons (Fsp3) is 0.161. The maximum Gasteiger partial charge on any atom is 0.324 e. The lowest BCUT2D eigenvalue weighted by Gasteiger charge is -2.14. The van der Waals surface area contributed by atoms with Crippen molar-refractivity contribution >= 4 is 34.2 Å². The molecule has 0 saturated heterocycles. The second-order valence-corrected chi connectivity index (χ2v) is 10.7. The number of carbonyl (C=O) groups is 2. The molecule has 0 aliphatic carbocycles. The zero-order chi connectivity index (χ0) is 27.1. The maximum atomic E-state index is 13.2. The van der Waals surface area contributed by atoms with Gasteiger partial charge in [0, 0.05) is 47.1 Å². The number of nitrogens with zero attached hydrogens (tertiary/aromatic N) is 3. The van der Waals surface area contributed by atoms with Crippen molar-refractivity contribution < 1.29 is 9.59 Å². The van der Waals surface area contributed by atoms with Crippen molar-refractivity contribution in [3.63, 3.8) is 0 Å². The van der Waals surface area contributed by atoms with Crippen molar-refractivity contribution in [2.75, 3.05) is 10.6 Å². The summed E-state index contributed by atoms with van der Waals surface area (Å²) in [5.41, 5.74) is 5.67. The number of hydrogen-bond acceptors (Lipinski definition) is 4. The highest BCUT2D eigenvalue weighted by Gasteiger charge is 2.23. The summed E-state index contributed by atoms with van der Waals surface area (Å²) >= 11 is 0. The Kier molecular flexibility index (Phi) is 5.87. The molecule has 194 valence electrons. The van der Waals surface area contributed by atoms with E-state index in [1.165, 1.54) is 0 Å². The van der Waals surface area contributed by atoms with Gasteiger partial charge in [-0.1, -0.05) is 51.1 Å². The van der Waals surface area contributed by atoms with Crippen molar-refractivity contribution in [3.8, 4) is 16.8 Å². The first-order valence-electron chi connectivity index (χ1n) is 12.8. The number of pyridine rings is 1. The van der Waals surface area contributed by atoms with Crippen LogP contribution in [0, 0.1) is 0 Å². The summed E-state index contributed by atoms with van der Waals surface area (Å²) in [6.45, 7) is 6.76. The van der Waals surface area contributed by atoms with Crippen LogP contribution in [-0.4, -0.2) is 26.7 Å². The van der Waals surface area contributed by atoms with E-state index in [1.54, 1.807) is 10.9 Å². The molecule has 3 aromatic carbocycles. The van der Waals surface area contributed by atoms with Crippen molar-refractivity contribution in [1.29, 1.82) is 0 Å². The third-order valence-electron chi connectivity index (χ3n) is 6.87. The van der Waals surface area contributed by atoms with Crippen molar-refractivity contribution in [2.24, 2.45) is 0 Å². The molecule has 0 fully saturated rings. The minimum absolute atomic E-state index is 0.0603. The molecule has 39 heavy (non-hydrogen) atoms. The third kappa shape index (κ3) is 4.72. The maximum absolute atomic E-state index is 13.2. The summed E-state index contributed by atoms with van der Waals surface area (Å²) in [5, 5.41) is 15.7. The number of amides is 3. The third-order valence-corrected chi connectivity index (χ3v) is 6.87. The van der Waals surface area contributed by atoms with Crippen LogP contribution in [-0.2, 0) is 12.0 Å². The van der Waals surface area contributed by atoms with E-state index in [-0.39, 0.29) is 17.4 Å². The highest BCUT2D eigenvalue weighted by Crippen LogP contribution is 2.31. The second kappa shape index (κ2) is 9.40. The first kappa shape index (κ1) is 24.4. The SMILES string of the molecule is CC(C)(C)c1cc(NC(=O)Nc2cccc(-c3cccc4c3CNC4=O)c2)n(-c2ccc3cnccc3c2)n1. The van der Waals surface area contributed by atoms with Crippen LogP contribution in [0.4, 0.5) is 16.3 Å². The van der Waals surface area contributed by atoms with Crippen LogP contribution >= 0.6 is 0 Å². The number of hydrogen-bond donors (Lipinski definition) is 3. The number of benzene rings is 3. The summed E-state index contributed by atoms with van der Waals surface area (Å²) in [5.74, 6) is 0.502. The number of rotatable bonds is 4. The lowest BCUT2D eigenvalue weighted by Crippen LogP contribution is -2.21. The number of urea groups is 1. The van der Waals surface area contributed by atoms with Crippen molar-refractivity contribution in [1.82, 2.24) is 20.1 Å². The Bertz CT molecular complexity index is 1750. The van der Waals surface area contributed by atoms with E-state index in [0.29, 0.717) is 23.6 Å². The minimum atomic E-state index is -0.381. The van der Waals surface area contributed by atoms with Gasteiger partial charge in [-0.25, -0.2) is 9.48 Å². The first-order valence-corrected chi connectivity index (χ1v) is 12.8. The average Bonchev–Trinajstić information content (AvgIpc) is 3.52. The Morgan fingerprint density at radius 1 is 0.923 bits per heavy atom. The summed E-state index contributed by atoms with van der Waals surface area (Å²) in [6, 6.07) is 22.8. The quantitative estimate of drug-likeness (QED) is 0.262.